The Morgan fingerprint density at radius 1 is 1.13 bits per heavy atom. The van der Waals surface area contributed by atoms with Crippen LogP contribution in [0.3, 0.4) is 0 Å². The zero-order valence-corrected chi connectivity index (χ0v) is 19.0. The van der Waals surface area contributed by atoms with Crippen molar-refractivity contribution in [1.82, 2.24) is 9.88 Å². The van der Waals surface area contributed by atoms with Crippen LogP contribution in [-0.2, 0) is 20.7 Å². The van der Waals surface area contributed by atoms with Gasteiger partial charge in [-0.1, -0.05) is 18.2 Å². The minimum atomic E-state index is -3.49. The standard InChI is InChI=1S/C22H29N3O3S2/c1-30(26,27)28-20-9-5-8-19-21(10-11-23-22(19)20)29-17-16-24-12-14-25(15-13-24)18-6-3-2-4-7-18/h2-4,6-7,10-11,20H,5,8-9,12-17H2,1H3. The Balaban J connectivity index is 1.30. The molecule has 30 heavy (non-hydrogen) atoms. The van der Waals surface area contributed by atoms with Gasteiger partial charge in [-0.3, -0.25) is 14.1 Å². The van der Waals surface area contributed by atoms with Gasteiger partial charge in [0.1, 0.15) is 6.10 Å². The normalized spacial score (nSPS) is 20.2. The van der Waals surface area contributed by atoms with Crippen molar-refractivity contribution in [1.29, 1.82) is 0 Å². The van der Waals surface area contributed by atoms with E-state index in [9.17, 15) is 8.42 Å². The molecule has 1 unspecified atom stereocenters. The van der Waals surface area contributed by atoms with Gasteiger partial charge in [0.05, 0.1) is 11.9 Å². The molecular weight excluding hydrogens is 418 g/mol. The molecule has 162 valence electrons. The van der Waals surface area contributed by atoms with Crippen LogP contribution in [0.5, 0.6) is 0 Å². The Hall–Kier alpha value is -1.61. The third-order valence-electron chi connectivity index (χ3n) is 5.69. The van der Waals surface area contributed by atoms with Crippen LogP contribution in [0.1, 0.15) is 30.2 Å². The lowest BCUT2D eigenvalue weighted by Crippen LogP contribution is -2.47. The van der Waals surface area contributed by atoms with Gasteiger partial charge in [-0.25, -0.2) is 0 Å². The van der Waals surface area contributed by atoms with Crippen LogP contribution in [0.15, 0.2) is 47.5 Å². The van der Waals surface area contributed by atoms with E-state index in [2.05, 4.69) is 51.2 Å². The molecule has 2 aromatic rings. The largest absolute Gasteiger partial charge is 0.369 e. The summed E-state index contributed by atoms with van der Waals surface area (Å²) in [6.45, 7) is 5.32. The summed E-state index contributed by atoms with van der Waals surface area (Å²) in [4.78, 5) is 10.6. The smallest absolute Gasteiger partial charge is 0.265 e. The number of rotatable bonds is 7. The quantitative estimate of drug-likeness (QED) is 0.476. The molecule has 0 saturated carbocycles. The summed E-state index contributed by atoms with van der Waals surface area (Å²) in [5.41, 5.74) is 3.27. The molecule has 1 aliphatic heterocycles. The van der Waals surface area contributed by atoms with E-state index < -0.39 is 16.2 Å². The average Bonchev–Trinajstić information content (AvgIpc) is 2.74. The number of anilines is 1. The number of hydrogen-bond donors (Lipinski definition) is 0. The Kier molecular flexibility index (Phi) is 6.98. The molecule has 8 heteroatoms. The predicted molar refractivity (Wildman–Crippen MR) is 122 cm³/mol. The first-order valence-corrected chi connectivity index (χ1v) is 13.3. The minimum Gasteiger partial charge on any atom is -0.369 e. The lowest BCUT2D eigenvalue weighted by molar-refractivity contribution is 0.187. The van der Waals surface area contributed by atoms with Crippen molar-refractivity contribution in [3.8, 4) is 0 Å². The van der Waals surface area contributed by atoms with E-state index in [0.29, 0.717) is 6.42 Å². The lowest BCUT2D eigenvalue weighted by Gasteiger charge is -2.36. The number of pyridine rings is 1. The Labute approximate surface area is 183 Å². The number of fused-ring (bicyclic) bond motifs is 1. The number of benzene rings is 1. The highest BCUT2D eigenvalue weighted by atomic mass is 32.2. The van der Waals surface area contributed by atoms with Crippen molar-refractivity contribution in [2.24, 2.45) is 0 Å². The molecule has 1 saturated heterocycles. The summed E-state index contributed by atoms with van der Waals surface area (Å²) in [7, 11) is -3.49. The van der Waals surface area contributed by atoms with Crippen molar-refractivity contribution in [2.45, 2.75) is 30.3 Å². The molecule has 2 heterocycles. The van der Waals surface area contributed by atoms with Crippen molar-refractivity contribution in [3.05, 3.63) is 53.9 Å². The molecule has 0 bridgehead atoms. The van der Waals surface area contributed by atoms with Crippen molar-refractivity contribution in [2.75, 3.05) is 49.6 Å². The summed E-state index contributed by atoms with van der Waals surface area (Å²) < 4.78 is 28.5. The number of aromatic nitrogens is 1. The molecule has 0 radical (unpaired) electrons. The van der Waals surface area contributed by atoms with Gasteiger partial charge in [0.25, 0.3) is 10.1 Å². The second kappa shape index (κ2) is 9.68. The Bertz CT molecular complexity index is 945. The van der Waals surface area contributed by atoms with Gasteiger partial charge < -0.3 is 4.90 Å². The van der Waals surface area contributed by atoms with Gasteiger partial charge in [-0.05, 0) is 43.0 Å². The van der Waals surface area contributed by atoms with E-state index in [1.54, 1.807) is 6.20 Å². The molecule has 1 aromatic heterocycles. The maximum Gasteiger partial charge on any atom is 0.265 e. The van der Waals surface area contributed by atoms with Crippen molar-refractivity contribution in [3.63, 3.8) is 0 Å². The SMILES string of the molecule is CS(=O)(=O)OC1CCCc2c(SCCN3CCN(c4ccccc4)CC3)ccnc21. The fourth-order valence-corrected chi connectivity index (χ4v) is 5.93. The number of nitrogens with zero attached hydrogens (tertiary/aromatic N) is 3. The van der Waals surface area contributed by atoms with Crippen LogP contribution in [0.4, 0.5) is 5.69 Å². The monoisotopic (exact) mass is 447 g/mol. The van der Waals surface area contributed by atoms with Crippen LogP contribution < -0.4 is 4.90 Å². The summed E-state index contributed by atoms with van der Waals surface area (Å²) in [6, 6.07) is 12.7. The molecule has 4 rings (SSSR count). The molecule has 1 aromatic carbocycles. The Morgan fingerprint density at radius 2 is 1.90 bits per heavy atom. The second-order valence-electron chi connectivity index (χ2n) is 7.87. The van der Waals surface area contributed by atoms with E-state index in [1.807, 2.05) is 11.8 Å². The second-order valence-corrected chi connectivity index (χ2v) is 10.6. The number of hydrogen-bond acceptors (Lipinski definition) is 7. The van der Waals surface area contributed by atoms with Crippen LogP contribution in [0, 0.1) is 0 Å². The average molecular weight is 448 g/mol. The van der Waals surface area contributed by atoms with E-state index >= 15 is 0 Å². The molecule has 1 atom stereocenters. The Morgan fingerprint density at radius 3 is 2.63 bits per heavy atom. The van der Waals surface area contributed by atoms with Gasteiger partial charge >= 0.3 is 0 Å². The van der Waals surface area contributed by atoms with Crippen molar-refractivity contribution < 1.29 is 12.6 Å². The first kappa shape index (κ1) is 21.6. The molecule has 0 amide bonds. The topological polar surface area (TPSA) is 62.7 Å². The van der Waals surface area contributed by atoms with Gasteiger partial charge in [0.15, 0.2) is 0 Å². The van der Waals surface area contributed by atoms with Gasteiger partial charge in [-0.15, -0.1) is 11.8 Å². The minimum absolute atomic E-state index is 0.449. The maximum absolute atomic E-state index is 11.6. The van der Waals surface area contributed by atoms with E-state index in [0.717, 1.165) is 68.8 Å². The number of para-hydroxylation sites is 1. The highest BCUT2D eigenvalue weighted by Crippen LogP contribution is 2.37. The molecule has 0 spiro atoms. The third kappa shape index (κ3) is 5.55. The van der Waals surface area contributed by atoms with Crippen LogP contribution in [-0.4, -0.2) is 63.0 Å². The highest BCUT2D eigenvalue weighted by molar-refractivity contribution is 7.99. The zero-order chi connectivity index (χ0) is 21.0. The van der Waals surface area contributed by atoms with Gasteiger partial charge in [-0.2, -0.15) is 8.42 Å². The fraction of sp³-hybridized carbons (Fsp3) is 0.500. The lowest BCUT2D eigenvalue weighted by atomic mass is 9.94. The van der Waals surface area contributed by atoms with Crippen LogP contribution >= 0.6 is 11.8 Å². The van der Waals surface area contributed by atoms with E-state index in [1.165, 1.54) is 10.6 Å². The fourth-order valence-electron chi connectivity index (χ4n) is 4.21. The van der Waals surface area contributed by atoms with Crippen LogP contribution in [0.2, 0.25) is 0 Å². The maximum atomic E-state index is 11.6. The molecule has 6 nitrogen and oxygen atoms in total. The molecule has 0 N–H and O–H groups in total. The van der Waals surface area contributed by atoms with E-state index in [-0.39, 0.29) is 0 Å². The molecule has 2 aliphatic rings. The predicted octanol–water partition coefficient (Wildman–Crippen LogP) is 3.35. The first-order valence-electron chi connectivity index (χ1n) is 10.5. The van der Waals surface area contributed by atoms with Crippen LogP contribution in [0.25, 0.3) is 0 Å². The number of piperazine rings is 1. The molecule has 1 aliphatic carbocycles. The van der Waals surface area contributed by atoms with Crippen molar-refractivity contribution >= 4 is 27.6 Å². The highest BCUT2D eigenvalue weighted by Gasteiger charge is 2.27. The number of thioether (sulfide) groups is 1. The van der Waals surface area contributed by atoms with Gasteiger partial charge in [0.2, 0.25) is 0 Å². The van der Waals surface area contributed by atoms with E-state index in [4.69, 9.17) is 4.18 Å². The molecular formula is C22H29N3O3S2. The summed E-state index contributed by atoms with van der Waals surface area (Å²) in [6.07, 6.45) is 5.00. The van der Waals surface area contributed by atoms with Gasteiger partial charge in [0, 0.05) is 55.3 Å². The summed E-state index contributed by atoms with van der Waals surface area (Å²) >= 11 is 1.85. The summed E-state index contributed by atoms with van der Waals surface area (Å²) in [5, 5.41) is 0. The first-order chi connectivity index (χ1) is 14.5. The molecule has 1 fully saturated rings. The zero-order valence-electron chi connectivity index (χ0n) is 17.4. The summed E-state index contributed by atoms with van der Waals surface area (Å²) in [5.74, 6) is 1.01. The third-order valence-corrected chi connectivity index (χ3v) is 7.36.